The van der Waals surface area contributed by atoms with E-state index in [1.54, 1.807) is 57.3 Å². The van der Waals surface area contributed by atoms with Crippen molar-refractivity contribution in [3.63, 3.8) is 0 Å². The second-order valence-electron chi connectivity index (χ2n) is 7.78. The summed E-state index contributed by atoms with van der Waals surface area (Å²) in [6.45, 7) is 8.66. The van der Waals surface area contributed by atoms with Crippen molar-refractivity contribution >= 4 is 29.0 Å². The molecule has 0 saturated heterocycles. The fraction of sp³-hybridized carbons (Fsp3) is 0.333. The molecule has 0 aliphatic rings. The number of ether oxygens (including phenoxy) is 2. The topological polar surface area (TPSA) is 116 Å². The molecule has 1 aromatic carbocycles. The summed E-state index contributed by atoms with van der Waals surface area (Å²) in [7, 11) is 0. The highest BCUT2D eigenvalue weighted by Gasteiger charge is 2.17. The molecule has 0 spiro atoms. The SMILES string of the molecule is CC(=O)NC(C)c1cc(-c2cnc(Oc3ccc(NC(=O)OC(C)(C)C)cc3)s2)no1. The Balaban J connectivity index is 1.60. The zero-order valence-corrected chi connectivity index (χ0v) is 18.7. The second kappa shape index (κ2) is 9.17. The third-order valence-corrected chi connectivity index (χ3v) is 4.71. The van der Waals surface area contributed by atoms with Crippen molar-refractivity contribution in [2.75, 3.05) is 5.32 Å². The van der Waals surface area contributed by atoms with E-state index in [0.717, 1.165) is 4.88 Å². The van der Waals surface area contributed by atoms with E-state index in [1.165, 1.54) is 18.3 Å². The summed E-state index contributed by atoms with van der Waals surface area (Å²) < 4.78 is 16.3. The van der Waals surface area contributed by atoms with Gasteiger partial charge in [-0.05, 0) is 52.0 Å². The molecule has 0 fully saturated rings. The van der Waals surface area contributed by atoms with Crippen LogP contribution in [0.5, 0.6) is 10.9 Å². The minimum Gasteiger partial charge on any atom is -0.444 e. The lowest BCUT2D eigenvalue weighted by molar-refractivity contribution is -0.119. The fourth-order valence-corrected chi connectivity index (χ4v) is 3.28. The number of benzene rings is 1. The van der Waals surface area contributed by atoms with Gasteiger partial charge >= 0.3 is 6.09 Å². The van der Waals surface area contributed by atoms with Gasteiger partial charge in [0, 0.05) is 18.7 Å². The van der Waals surface area contributed by atoms with Gasteiger partial charge in [-0.3, -0.25) is 10.1 Å². The van der Waals surface area contributed by atoms with Gasteiger partial charge in [-0.15, -0.1) is 0 Å². The van der Waals surface area contributed by atoms with Crippen LogP contribution in [0.25, 0.3) is 10.6 Å². The Bertz CT molecular complexity index is 1050. The molecular weight excluding hydrogens is 420 g/mol. The largest absolute Gasteiger partial charge is 0.444 e. The summed E-state index contributed by atoms with van der Waals surface area (Å²) in [5.41, 5.74) is 0.628. The van der Waals surface area contributed by atoms with Gasteiger partial charge in [0.1, 0.15) is 17.0 Å². The Kier molecular flexibility index (Phi) is 6.59. The number of hydrogen-bond acceptors (Lipinski definition) is 8. The van der Waals surface area contributed by atoms with Gasteiger partial charge in [0.25, 0.3) is 5.19 Å². The van der Waals surface area contributed by atoms with E-state index in [1.807, 2.05) is 6.92 Å². The van der Waals surface area contributed by atoms with E-state index in [2.05, 4.69) is 20.8 Å². The van der Waals surface area contributed by atoms with Crippen molar-refractivity contribution in [1.82, 2.24) is 15.5 Å². The van der Waals surface area contributed by atoms with Crippen LogP contribution in [-0.4, -0.2) is 27.7 Å². The number of aromatic nitrogens is 2. The Labute approximate surface area is 183 Å². The molecule has 0 aliphatic heterocycles. The van der Waals surface area contributed by atoms with Crippen LogP contribution in [0.3, 0.4) is 0 Å². The quantitative estimate of drug-likeness (QED) is 0.541. The molecule has 2 aromatic heterocycles. The number of carbonyl (C=O) groups is 2. The lowest BCUT2D eigenvalue weighted by Crippen LogP contribution is -2.27. The molecule has 2 amide bonds. The van der Waals surface area contributed by atoms with E-state index >= 15 is 0 Å². The highest BCUT2D eigenvalue weighted by molar-refractivity contribution is 7.16. The average Bonchev–Trinajstić information content (AvgIpc) is 3.30. The number of thiazole rings is 1. The maximum Gasteiger partial charge on any atom is 0.412 e. The predicted molar refractivity (Wildman–Crippen MR) is 116 cm³/mol. The molecule has 2 heterocycles. The summed E-state index contributed by atoms with van der Waals surface area (Å²) in [6, 6.07) is 8.33. The average molecular weight is 445 g/mol. The zero-order valence-electron chi connectivity index (χ0n) is 17.9. The van der Waals surface area contributed by atoms with Crippen LogP contribution in [-0.2, 0) is 9.53 Å². The fourth-order valence-electron chi connectivity index (χ4n) is 2.54. The Morgan fingerprint density at radius 1 is 1.19 bits per heavy atom. The van der Waals surface area contributed by atoms with Crippen LogP contribution in [0.15, 0.2) is 41.1 Å². The van der Waals surface area contributed by atoms with Crippen LogP contribution in [0, 0.1) is 0 Å². The maximum absolute atomic E-state index is 11.8. The molecular formula is C21H24N4O5S. The number of rotatable bonds is 6. The summed E-state index contributed by atoms with van der Waals surface area (Å²) >= 11 is 1.31. The molecule has 31 heavy (non-hydrogen) atoms. The second-order valence-corrected chi connectivity index (χ2v) is 8.77. The first-order valence-corrected chi connectivity index (χ1v) is 10.4. The van der Waals surface area contributed by atoms with Crippen LogP contribution in [0.4, 0.5) is 10.5 Å². The van der Waals surface area contributed by atoms with Crippen LogP contribution in [0.2, 0.25) is 0 Å². The van der Waals surface area contributed by atoms with Gasteiger partial charge in [0.2, 0.25) is 5.91 Å². The molecule has 1 atom stereocenters. The summed E-state index contributed by atoms with van der Waals surface area (Å²) in [6.07, 6.45) is 1.12. The van der Waals surface area contributed by atoms with Gasteiger partial charge in [0.05, 0.1) is 17.1 Å². The lowest BCUT2D eigenvalue weighted by atomic mass is 10.2. The monoisotopic (exact) mass is 444 g/mol. The first-order chi connectivity index (χ1) is 14.6. The standard InChI is InChI=1S/C21H24N4O5S/c1-12(23-13(2)26)17-10-16(25-30-17)18-11-22-20(31-18)28-15-8-6-14(7-9-15)24-19(27)29-21(3,4)5/h6-12H,1-5H3,(H,23,26)(H,24,27). The first kappa shape index (κ1) is 22.3. The number of hydrogen-bond donors (Lipinski definition) is 2. The molecule has 0 saturated carbocycles. The number of carbonyl (C=O) groups excluding carboxylic acids is 2. The molecule has 164 valence electrons. The van der Waals surface area contributed by atoms with Gasteiger partial charge in [0.15, 0.2) is 5.76 Å². The van der Waals surface area contributed by atoms with Gasteiger partial charge in [-0.2, -0.15) is 0 Å². The minimum atomic E-state index is -0.567. The molecule has 2 N–H and O–H groups in total. The van der Waals surface area contributed by atoms with Crippen molar-refractivity contribution in [3.05, 3.63) is 42.3 Å². The Morgan fingerprint density at radius 3 is 2.55 bits per heavy atom. The van der Waals surface area contributed by atoms with Gasteiger partial charge < -0.3 is 19.3 Å². The van der Waals surface area contributed by atoms with E-state index in [9.17, 15) is 9.59 Å². The summed E-state index contributed by atoms with van der Waals surface area (Å²) in [5.74, 6) is 0.969. The smallest absolute Gasteiger partial charge is 0.412 e. The third-order valence-electron chi connectivity index (χ3n) is 3.82. The molecule has 0 bridgehead atoms. The highest BCUT2D eigenvalue weighted by Crippen LogP contribution is 2.33. The molecule has 0 aliphatic carbocycles. The Hall–Kier alpha value is -3.40. The van der Waals surface area contributed by atoms with E-state index in [4.69, 9.17) is 14.0 Å². The molecule has 3 rings (SSSR count). The maximum atomic E-state index is 11.8. The van der Waals surface area contributed by atoms with Crippen molar-refractivity contribution in [3.8, 4) is 21.5 Å². The molecule has 0 radical (unpaired) electrons. The van der Waals surface area contributed by atoms with E-state index in [0.29, 0.717) is 28.1 Å². The summed E-state index contributed by atoms with van der Waals surface area (Å²) in [4.78, 5) is 28.0. The normalized spacial score (nSPS) is 12.2. The molecule has 3 aromatic rings. The van der Waals surface area contributed by atoms with Crippen LogP contribution >= 0.6 is 11.3 Å². The zero-order chi connectivity index (χ0) is 22.6. The first-order valence-electron chi connectivity index (χ1n) is 9.57. The third kappa shape index (κ3) is 6.54. The molecule has 9 nitrogen and oxygen atoms in total. The highest BCUT2D eigenvalue weighted by atomic mass is 32.1. The Morgan fingerprint density at radius 2 is 1.90 bits per heavy atom. The number of amides is 2. The number of anilines is 1. The molecule has 1 unspecified atom stereocenters. The lowest BCUT2D eigenvalue weighted by Gasteiger charge is -2.19. The number of nitrogens with zero attached hydrogens (tertiary/aromatic N) is 2. The van der Waals surface area contributed by atoms with Crippen molar-refractivity contribution in [2.24, 2.45) is 0 Å². The van der Waals surface area contributed by atoms with E-state index in [-0.39, 0.29) is 11.9 Å². The van der Waals surface area contributed by atoms with Crippen molar-refractivity contribution < 1.29 is 23.6 Å². The van der Waals surface area contributed by atoms with Crippen LogP contribution < -0.4 is 15.4 Å². The molecule has 10 heteroatoms. The van der Waals surface area contributed by atoms with Gasteiger partial charge in [-0.1, -0.05) is 16.5 Å². The van der Waals surface area contributed by atoms with Crippen LogP contribution in [0.1, 0.15) is 46.4 Å². The minimum absolute atomic E-state index is 0.147. The van der Waals surface area contributed by atoms with E-state index < -0.39 is 11.7 Å². The number of nitrogens with one attached hydrogen (secondary N) is 2. The van der Waals surface area contributed by atoms with Gasteiger partial charge in [-0.25, -0.2) is 9.78 Å². The van der Waals surface area contributed by atoms with Crippen molar-refractivity contribution in [2.45, 2.75) is 46.3 Å². The predicted octanol–water partition coefficient (Wildman–Crippen LogP) is 5.13. The summed E-state index contributed by atoms with van der Waals surface area (Å²) in [5, 5.41) is 9.88. The van der Waals surface area contributed by atoms with Crippen molar-refractivity contribution in [1.29, 1.82) is 0 Å².